The van der Waals surface area contributed by atoms with Crippen LogP contribution in [0.3, 0.4) is 0 Å². The first-order chi connectivity index (χ1) is 9.19. The highest BCUT2D eigenvalue weighted by molar-refractivity contribution is 6.32. The van der Waals surface area contributed by atoms with Gasteiger partial charge < -0.3 is 9.72 Å². The molecular formula is C11H8ClN5O2. The molecule has 96 valence electrons. The predicted molar refractivity (Wildman–Crippen MR) is 69.3 cm³/mol. The van der Waals surface area contributed by atoms with E-state index in [-0.39, 0.29) is 11.4 Å². The van der Waals surface area contributed by atoms with E-state index in [1.165, 1.54) is 7.11 Å². The zero-order chi connectivity index (χ0) is 13.4. The molecule has 7 nitrogen and oxygen atoms in total. The molecule has 0 fully saturated rings. The van der Waals surface area contributed by atoms with Crippen LogP contribution in [0.2, 0.25) is 5.02 Å². The van der Waals surface area contributed by atoms with E-state index in [0.717, 1.165) is 5.39 Å². The highest BCUT2D eigenvalue weighted by Gasteiger charge is 2.11. The van der Waals surface area contributed by atoms with Crippen LogP contribution in [-0.4, -0.2) is 32.7 Å². The topological polar surface area (TPSA) is 96.6 Å². The van der Waals surface area contributed by atoms with Gasteiger partial charge in [-0.15, -0.1) is 10.2 Å². The number of pyridine rings is 1. The van der Waals surface area contributed by atoms with Crippen molar-refractivity contribution in [1.29, 1.82) is 0 Å². The lowest BCUT2D eigenvalue weighted by molar-refractivity contribution is 0.415. The maximum Gasteiger partial charge on any atom is 0.259 e. The molecule has 3 rings (SSSR count). The Bertz CT molecular complexity index is 797. The van der Waals surface area contributed by atoms with E-state index >= 15 is 0 Å². The molecule has 0 radical (unpaired) electrons. The summed E-state index contributed by atoms with van der Waals surface area (Å²) < 4.78 is 5.14. The Kier molecular flexibility index (Phi) is 2.68. The average molecular weight is 278 g/mol. The molecule has 8 heteroatoms. The Morgan fingerprint density at radius 1 is 1.32 bits per heavy atom. The summed E-state index contributed by atoms with van der Waals surface area (Å²) in [6, 6.07) is 5.03. The lowest BCUT2D eigenvalue weighted by atomic mass is 10.1. The highest BCUT2D eigenvalue weighted by Crippen LogP contribution is 2.29. The van der Waals surface area contributed by atoms with Crippen molar-refractivity contribution in [2.45, 2.75) is 0 Å². The second-order valence-electron chi connectivity index (χ2n) is 3.82. The van der Waals surface area contributed by atoms with Crippen LogP contribution >= 0.6 is 11.6 Å². The Hall–Kier alpha value is -2.41. The van der Waals surface area contributed by atoms with Gasteiger partial charge in [0.2, 0.25) is 5.82 Å². The zero-order valence-electron chi connectivity index (χ0n) is 9.77. The Labute approximate surface area is 111 Å². The second-order valence-corrected chi connectivity index (χ2v) is 4.23. The number of aromatic nitrogens is 5. The SMILES string of the molecule is COc1cc2cc(-c3nn[nH]n3)c(=O)[nH]c2cc1Cl. The fraction of sp³-hybridized carbons (Fsp3) is 0.0909. The van der Waals surface area contributed by atoms with Crippen molar-refractivity contribution in [3.8, 4) is 17.1 Å². The molecule has 0 spiro atoms. The van der Waals surface area contributed by atoms with E-state index in [2.05, 4.69) is 25.6 Å². The zero-order valence-corrected chi connectivity index (χ0v) is 10.5. The minimum Gasteiger partial charge on any atom is -0.495 e. The smallest absolute Gasteiger partial charge is 0.259 e. The number of ether oxygens (including phenoxy) is 1. The third-order valence-corrected chi connectivity index (χ3v) is 3.00. The van der Waals surface area contributed by atoms with Gasteiger partial charge in [-0.1, -0.05) is 11.6 Å². The van der Waals surface area contributed by atoms with Crippen LogP contribution in [0.1, 0.15) is 0 Å². The summed E-state index contributed by atoms with van der Waals surface area (Å²) in [5.74, 6) is 0.761. The number of halogens is 1. The van der Waals surface area contributed by atoms with Gasteiger partial charge in [0, 0.05) is 5.39 Å². The van der Waals surface area contributed by atoms with Gasteiger partial charge in [0.15, 0.2) is 0 Å². The van der Waals surface area contributed by atoms with E-state index in [4.69, 9.17) is 16.3 Å². The average Bonchev–Trinajstić information content (AvgIpc) is 2.91. The quantitative estimate of drug-likeness (QED) is 0.737. The minimum atomic E-state index is -0.310. The third kappa shape index (κ3) is 1.93. The maximum absolute atomic E-state index is 11.9. The van der Waals surface area contributed by atoms with Crippen LogP contribution in [-0.2, 0) is 0 Å². The standard InChI is InChI=1S/C11H8ClN5O2/c1-19-9-3-5-2-6(10-14-16-17-15-10)11(18)13-8(5)4-7(9)12/h2-4H,1H3,(H,13,18)(H,14,15,16,17). The molecule has 2 aromatic heterocycles. The van der Waals surface area contributed by atoms with Crippen LogP contribution in [0.4, 0.5) is 0 Å². The lowest BCUT2D eigenvalue weighted by Crippen LogP contribution is -2.09. The van der Waals surface area contributed by atoms with E-state index < -0.39 is 0 Å². The molecule has 3 aromatic rings. The third-order valence-electron chi connectivity index (χ3n) is 2.70. The Morgan fingerprint density at radius 2 is 2.16 bits per heavy atom. The van der Waals surface area contributed by atoms with Crippen LogP contribution < -0.4 is 10.3 Å². The van der Waals surface area contributed by atoms with Gasteiger partial charge in [-0.2, -0.15) is 5.21 Å². The second kappa shape index (κ2) is 4.36. The fourth-order valence-corrected chi connectivity index (χ4v) is 2.05. The van der Waals surface area contributed by atoms with Crippen LogP contribution in [0, 0.1) is 0 Å². The van der Waals surface area contributed by atoms with Gasteiger partial charge in [-0.05, 0) is 23.4 Å². The number of rotatable bonds is 2. The first-order valence-corrected chi connectivity index (χ1v) is 5.71. The number of nitrogens with zero attached hydrogens (tertiary/aromatic N) is 3. The summed E-state index contributed by atoms with van der Waals surface area (Å²) in [6.07, 6.45) is 0. The Morgan fingerprint density at radius 3 is 2.84 bits per heavy atom. The first-order valence-electron chi connectivity index (χ1n) is 5.33. The molecule has 0 amide bonds. The molecule has 0 atom stereocenters. The van der Waals surface area contributed by atoms with Crippen LogP contribution in [0.15, 0.2) is 23.0 Å². The summed E-state index contributed by atoms with van der Waals surface area (Å²) in [5, 5.41) is 14.5. The summed E-state index contributed by atoms with van der Waals surface area (Å²) in [5.41, 5.74) is 0.629. The van der Waals surface area contributed by atoms with Crippen molar-refractivity contribution < 1.29 is 4.74 Å². The molecule has 0 aliphatic carbocycles. The van der Waals surface area contributed by atoms with Gasteiger partial charge in [0.25, 0.3) is 5.56 Å². The molecule has 0 saturated heterocycles. The monoisotopic (exact) mass is 277 g/mol. The molecule has 2 N–H and O–H groups in total. The molecule has 19 heavy (non-hydrogen) atoms. The molecule has 0 bridgehead atoms. The van der Waals surface area contributed by atoms with Crippen LogP contribution in [0.25, 0.3) is 22.3 Å². The first kappa shape index (κ1) is 11.7. The number of nitrogens with one attached hydrogen (secondary N) is 2. The molecule has 0 unspecified atom stereocenters. The number of H-pyrrole nitrogens is 2. The highest BCUT2D eigenvalue weighted by atomic mass is 35.5. The largest absolute Gasteiger partial charge is 0.495 e. The molecule has 0 saturated carbocycles. The van der Waals surface area contributed by atoms with Crippen molar-refractivity contribution in [3.05, 3.63) is 33.6 Å². The molecule has 1 aromatic carbocycles. The van der Waals surface area contributed by atoms with Gasteiger partial charge in [0.1, 0.15) is 5.75 Å². The number of aromatic amines is 2. The van der Waals surface area contributed by atoms with Crippen molar-refractivity contribution in [2.75, 3.05) is 7.11 Å². The fourth-order valence-electron chi connectivity index (χ4n) is 1.81. The summed E-state index contributed by atoms with van der Waals surface area (Å²) in [6.45, 7) is 0. The predicted octanol–water partition coefficient (Wildman–Crippen LogP) is 1.37. The minimum absolute atomic E-state index is 0.233. The normalized spacial score (nSPS) is 10.8. The van der Waals surface area contributed by atoms with Gasteiger partial charge >= 0.3 is 0 Å². The lowest BCUT2D eigenvalue weighted by Gasteiger charge is -2.06. The number of hydrogen-bond acceptors (Lipinski definition) is 5. The van der Waals surface area contributed by atoms with Crippen molar-refractivity contribution >= 4 is 22.5 Å². The number of tetrazole rings is 1. The van der Waals surface area contributed by atoms with E-state index in [0.29, 0.717) is 21.9 Å². The van der Waals surface area contributed by atoms with Crippen LogP contribution in [0.5, 0.6) is 5.75 Å². The van der Waals surface area contributed by atoms with Gasteiger partial charge in [-0.3, -0.25) is 4.79 Å². The summed E-state index contributed by atoms with van der Waals surface area (Å²) >= 11 is 6.01. The molecule has 0 aliphatic rings. The van der Waals surface area contributed by atoms with Gasteiger partial charge in [0.05, 0.1) is 23.2 Å². The number of benzene rings is 1. The summed E-state index contributed by atoms with van der Waals surface area (Å²) in [4.78, 5) is 14.7. The van der Waals surface area contributed by atoms with Crippen molar-refractivity contribution in [3.63, 3.8) is 0 Å². The maximum atomic E-state index is 11.9. The van der Waals surface area contributed by atoms with Crippen molar-refractivity contribution in [1.82, 2.24) is 25.6 Å². The van der Waals surface area contributed by atoms with Crippen molar-refractivity contribution in [2.24, 2.45) is 0 Å². The number of fused-ring (bicyclic) bond motifs is 1. The molecule has 0 aliphatic heterocycles. The Balaban J connectivity index is 2.30. The summed E-state index contributed by atoms with van der Waals surface area (Å²) in [7, 11) is 1.53. The van der Waals surface area contributed by atoms with Gasteiger partial charge in [-0.25, -0.2) is 0 Å². The number of hydrogen-bond donors (Lipinski definition) is 2. The van der Waals surface area contributed by atoms with E-state index in [9.17, 15) is 4.79 Å². The van der Waals surface area contributed by atoms with E-state index in [1.807, 2.05) is 0 Å². The number of methoxy groups -OCH3 is 1. The molecular weight excluding hydrogens is 270 g/mol. The van der Waals surface area contributed by atoms with E-state index in [1.54, 1.807) is 18.2 Å². The molecule has 2 heterocycles.